The van der Waals surface area contributed by atoms with Crippen molar-refractivity contribution in [1.29, 1.82) is 0 Å². The zero-order valence-electron chi connectivity index (χ0n) is 14.9. The Hall–Kier alpha value is -3.52. The highest BCUT2D eigenvalue weighted by Crippen LogP contribution is 2.41. The Morgan fingerprint density at radius 3 is 2.10 bits per heavy atom. The van der Waals surface area contributed by atoms with Gasteiger partial charge in [-0.15, -0.1) is 0 Å². The molecular weight excluding hydrogens is 440 g/mol. The number of rotatable bonds is 5. The molecule has 7 nitrogen and oxygen atoms in total. The molecule has 0 fully saturated rings. The molecule has 2 amide bonds. The zero-order valence-corrected chi connectivity index (χ0v) is 16.5. The predicted octanol–water partition coefficient (Wildman–Crippen LogP) is 4.74. The van der Waals surface area contributed by atoms with Crippen LogP contribution < -0.4 is 9.64 Å². The van der Waals surface area contributed by atoms with E-state index >= 15 is 0 Å². The van der Waals surface area contributed by atoms with Crippen molar-refractivity contribution in [2.75, 3.05) is 4.90 Å². The number of fused-ring (bicyclic) bond motifs is 1. The number of benzene rings is 3. The predicted molar refractivity (Wildman–Crippen MR) is 109 cm³/mol. The normalized spacial score (nSPS) is 12.8. The number of carbonyl (C=O) groups is 2. The number of nitrogens with zero attached hydrogens (tertiary/aromatic N) is 2. The molecule has 3 aromatic carbocycles. The Morgan fingerprint density at radius 2 is 1.52 bits per heavy atom. The number of hydrogen-bond acceptors (Lipinski definition) is 5. The van der Waals surface area contributed by atoms with Crippen LogP contribution in [0.3, 0.4) is 0 Å². The van der Waals surface area contributed by atoms with Crippen molar-refractivity contribution in [3.05, 3.63) is 98.0 Å². The number of nitro groups is 1. The Labute approximate surface area is 173 Å². The van der Waals surface area contributed by atoms with Crippen molar-refractivity contribution in [2.24, 2.45) is 0 Å². The van der Waals surface area contributed by atoms with E-state index in [-0.39, 0.29) is 34.9 Å². The van der Waals surface area contributed by atoms with Crippen LogP contribution in [-0.2, 0) is 6.61 Å². The van der Waals surface area contributed by atoms with Crippen LogP contribution in [0.2, 0.25) is 0 Å². The van der Waals surface area contributed by atoms with Crippen LogP contribution in [0.1, 0.15) is 26.3 Å². The molecule has 1 aliphatic rings. The van der Waals surface area contributed by atoms with E-state index in [2.05, 4.69) is 15.9 Å². The third-order valence-electron chi connectivity index (χ3n) is 4.50. The average Bonchev–Trinajstić information content (AvgIpc) is 2.98. The van der Waals surface area contributed by atoms with E-state index in [0.717, 1.165) is 10.5 Å². The lowest BCUT2D eigenvalue weighted by molar-refractivity contribution is -0.384. The molecule has 0 N–H and O–H groups in total. The number of amides is 2. The van der Waals surface area contributed by atoms with Crippen molar-refractivity contribution in [2.45, 2.75) is 6.61 Å². The summed E-state index contributed by atoms with van der Waals surface area (Å²) in [5.41, 5.74) is 0.814. The minimum Gasteiger partial charge on any atom is -0.488 e. The van der Waals surface area contributed by atoms with Crippen LogP contribution in [-0.4, -0.2) is 16.7 Å². The van der Waals surface area contributed by atoms with E-state index in [9.17, 15) is 19.7 Å². The summed E-state index contributed by atoms with van der Waals surface area (Å²) in [5, 5.41) is 11.6. The van der Waals surface area contributed by atoms with Gasteiger partial charge >= 0.3 is 0 Å². The Balaban J connectivity index is 1.75. The number of halogens is 1. The first kappa shape index (κ1) is 18.8. The van der Waals surface area contributed by atoms with E-state index in [4.69, 9.17) is 4.74 Å². The van der Waals surface area contributed by atoms with E-state index < -0.39 is 16.7 Å². The maximum Gasteiger partial charge on any atom is 0.294 e. The second-order valence-electron chi connectivity index (χ2n) is 6.29. The summed E-state index contributed by atoms with van der Waals surface area (Å²) < 4.78 is 6.13. The van der Waals surface area contributed by atoms with Gasteiger partial charge in [-0.1, -0.05) is 42.5 Å². The monoisotopic (exact) mass is 452 g/mol. The van der Waals surface area contributed by atoms with Crippen molar-refractivity contribution in [1.82, 2.24) is 0 Å². The highest BCUT2D eigenvalue weighted by molar-refractivity contribution is 9.10. The van der Waals surface area contributed by atoms with Crippen molar-refractivity contribution in [3.8, 4) is 5.75 Å². The molecule has 144 valence electrons. The fourth-order valence-electron chi connectivity index (χ4n) is 3.11. The Bertz CT molecular complexity index is 1110. The largest absolute Gasteiger partial charge is 0.488 e. The van der Waals surface area contributed by atoms with Crippen molar-refractivity contribution in [3.63, 3.8) is 0 Å². The van der Waals surface area contributed by atoms with Crippen molar-refractivity contribution < 1.29 is 19.2 Å². The van der Waals surface area contributed by atoms with Crippen LogP contribution in [0.5, 0.6) is 5.75 Å². The smallest absolute Gasteiger partial charge is 0.294 e. The summed E-state index contributed by atoms with van der Waals surface area (Å²) in [5.74, 6) is -0.930. The number of imide groups is 1. The third-order valence-corrected chi connectivity index (χ3v) is 5.12. The highest BCUT2D eigenvalue weighted by atomic mass is 79.9. The van der Waals surface area contributed by atoms with Gasteiger partial charge in [0, 0.05) is 12.1 Å². The van der Waals surface area contributed by atoms with E-state index in [0.29, 0.717) is 4.47 Å². The van der Waals surface area contributed by atoms with Gasteiger partial charge in [-0.05, 0) is 33.6 Å². The first-order chi connectivity index (χ1) is 14.0. The molecule has 0 atom stereocenters. The van der Waals surface area contributed by atoms with Crippen molar-refractivity contribution >= 4 is 39.1 Å². The maximum absolute atomic E-state index is 12.8. The van der Waals surface area contributed by atoms with Gasteiger partial charge in [0.25, 0.3) is 17.5 Å². The number of hydrogen-bond donors (Lipinski definition) is 0. The fourth-order valence-corrected chi connectivity index (χ4v) is 3.56. The Kier molecular flexibility index (Phi) is 4.85. The topological polar surface area (TPSA) is 89.8 Å². The Morgan fingerprint density at radius 1 is 0.931 bits per heavy atom. The number of anilines is 1. The van der Waals surface area contributed by atoms with Crippen LogP contribution in [0.4, 0.5) is 11.4 Å². The quantitative estimate of drug-likeness (QED) is 0.316. The minimum atomic E-state index is -0.634. The molecule has 29 heavy (non-hydrogen) atoms. The van der Waals surface area contributed by atoms with Gasteiger partial charge in [0.15, 0.2) is 0 Å². The van der Waals surface area contributed by atoms with E-state index in [1.807, 2.05) is 30.3 Å². The van der Waals surface area contributed by atoms with Gasteiger partial charge in [-0.3, -0.25) is 19.7 Å². The standard InChI is InChI=1S/C21H13BrN2O5/c22-16-10-18(24(27)28)17(11-19(16)29-12-13-6-2-1-3-7-13)23-20(25)14-8-4-5-9-15(14)21(23)26/h1-11H,12H2. The first-order valence-corrected chi connectivity index (χ1v) is 9.39. The van der Waals surface area contributed by atoms with Gasteiger partial charge in [0.1, 0.15) is 18.0 Å². The number of carbonyl (C=O) groups excluding carboxylic acids is 2. The van der Waals surface area contributed by atoms with Gasteiger partial charge in [-0.2, -0.15) is 0 Å². The average molecular weight is 453 g/mol. The maximum atomic E-state index is 12.8. The van der Waals surface area contributed by atoms with E-state index in [1.165, 1.54) is 24.3 Å². The minimum absolute atomic E-state index is 0.132. The van der Waals surface area contributed by atoms with Crippen LogP contribution in [0.15, 0.2) is 71.2 Å². The molecule has 0 radical (unpaired) electrons. The molecule has 0 saturated carbocycles. The van der Waals surface area contributed by atoms with Crippen LogP contribution in [0.25, 0.3) is 0 Å². The van der Waals surface area contributed by atoms with Gasteiger partial charge < -0.3 is 4.74 Å². The van der Waals surface area contributed by atoms with Gasteiger partial charge in [0.05, 0.1) is 20.5 Å². The molecule has 0 spiro atoms. The molecule has 8 heteroatoms. The lowest BCUT2D eigenvalue weighted by Gasteiger charge is -2.17. The molecule has 0 saturated heterocycles. The van der Waals surface area contributed by atoms with Gasteiger partial charge in [-0.25, -0.2) is 4.90 Å². The van der Waals surface area contributed by atoms with Crippen LogP contribution >= 0.6 is 15.9 Å². The summed E-state index contributed by atoms with van der Waals surface area (Å²) in [7, 11) is 0. The fraction of sp³-hybridized carbons (Fsp3) is 0.0476. The summed E-state index contributed by atoms with van der Waals surface area (Å²) in [6.45, 7) is 0.221. The molecular formula is C21H13BrN2O5. The first-order valence-electron chi connectivity index (χ1n) is 8.60. The molecule has 4 rings (SSSR count). The van der Waals surface area contributed by atoms with Gasteiger partial charge in [0.2, 0.25) is 0 Å². The molecule has 0 bridgehead atoms. The summed E-state index contributed by atoms with van der Waals surface area (Å²) in [4.78, 5) is 37.4. The second kappa shape index (κ2) is 7.48. The third kappa shape index (κ3) is 3.38. The molecule has 0 unspecified atom stereocenters. The molecule has 1 aliphatic heterocycles. The molecule has 0 aromatic heterocycles. The SMILES string of the molecule is O=C1c2ccccc2C(=O)N1c1cc(OCc2ccccc2)c(Br)cc1[N+](=O)[O-]. The van der Waals surface area contributed by atoms with Crippen LogP contribution in [0, 0.1) is 10.1 Å². The highest BCUT2D eigenvalue weighted by Gasteiger charge is 2.40. The lowest BCUT2D eigenvalue weighted by atomic mass is 10.1. The molecule has 0 aliphatic carbocycles. The summed E-state index contributed by atoms with van der Waals surface area (Å²) >= 11 is 3.27. The molecule has 3 aromatic rings. The molecule has 1 heterocycles. The number of nitro benzene ring substituents is 1. The second-order valence-corrected chi connectivity index (χ2v) is 7.15. The lowest BCUT2D eigenvalue weighted by Crippen LogP contribution is -2.30. The zero-order chi connectivity index (χ0) is 20.5. The number of ether oxygens (including phenoxy) is 1. The summed E-state index contributed by atoms with van der Waals surface area (Å²) in [6.07, 6.45) is 0. The van der Waals surface area contributed by atoms with E-state index in [1.54, 1.807) is 12.1 Å². The summed E-state index contributed by atoms with van der Waals surface area (Å²) in [6, 6.07) is 18.3.